The number of hydrogen-bond acceptors (Lipinski definition) is 1. The van der Waals surface area contributed by atoms with Gasteiger partial charge in [-0.3, -0.25) is 0 Å². The van der Waals surface area contributed by atoms with Gasteiger partial charge in [-0.25, -0.2) is 0 Å². The molecule has 0 aliphatic rings. The Balaban J connectivity index is 3.17. The van der Waals surface area contributed by atoms with Crippen molar-refractivity contribution in [2.45, 2.75) is 13.8 Å². The highest BCUT2D eigenvalue weighted by molar-refractivity contribution is 5.46. The molecular formula is C8H10N. The Hall–Kier alpha value is -0.980. The van der Waals surface area contributed by atoms with Gasteiger partial charge in [0.25, 0.3) is 0 Å². The van der Waals surface area contributed by atoms with Crippen LogP contribution in [0.15, 0.2) is 12.1 Å². The van der Waals surface area contributed by atoms with Crippen LogP contribution in [-0.4, -0.2) is 0 Å². The Bertz CT molecular complexity index is 216. The molecule has 0 atom stereocenters. The van der Waals surface area contributed by atoms with Crippen LogP contribution in [0.2, 0.25) is 0 Å². The first-order chi connectivity index (χ1) is 4.20. The van der Waals surface area contributed by atoms with Crippen LogP contribution in [0.3, 0.4) is 0 Å². The summed E-state index contributed by atoms with van der Waals surface area (Å²) >= 11 is 0. The molecule has 0 fully saturated rings. The summed E-state index contributed by atoms with van der Waals surface area (Å²) in [6.45, 7) is 4.00. The molecule has 1 rings (SSSR count). The molecule has 47 valence electrons. The van der Waals surface area contributed by atoms with Gasteiger partial charge in [-0.1, -0.05) is 6.07 Å². The molecule has 0 aliphatic carbocycles. The van der Waals surface area contributed by atoms with E-state index in [1.54, 1.807) is 0 Å². The molecule has 0 aromatic heterocycles. The van der Waals surface area contributed by atoms with Gasteiger partial charge in [0.05, 0.1) is 0 Å². The highest BCUT2D eigenvalue weighted by atomic mass is 14.5. The third-order valence-corrected chi connectivity index (χ3v) is 1.34. The lowest BCUT2D eigenvalue weighted by Gasteiger charge is -1.97. The number of anilines is 1. The SMILES string of the molecule is Cc1[c]cc(N)c(C)c1. The minimum absolute atomic E-state index is 0.820. The monoisotopic (exact) mass is 120 g/mol. The van der Waals surface area contributed by atoms with E-state index in [4.69, 9.17) is 5.73 Å². The van der Waals surface area contributed by atoms with E-state index >= 15 is 0 Å². The van der Waals surface area contributed by atoms with Gasteiger partial charge in [0, 0.05) is 5.69 Å². The third kappa shape index (κ3) is 1.22. The van der Waals surface area contributed by atoms with E-state index in [0.29, 0.717) is 0 Å². The van der Waals surface area contributed by atoms with Crippen LogP contribution in [0.4, 0.5) is 5.69 Å². The molecule has 1 heteroatoms. The molecule has 0 bridgehead atoms. The summed E-state index contributed by atoms with van der Waals surface area (Å²) in [6.07, 6.45) is 0. The maximum atomic E-state index is 5.56. The maximum absolute atomic E-state index is 5.56. The normalized spacial score (nSPS) is 9.56. The third-order valence-electron chi connectivity index (χ3n) is 1.34. The molecule has 0 aliphatic heterocycles. The highest BCUT2D eigenvalue weighted by Crippen LogP contribution is 2.10. The van der Waals surface area contributed by atoms with Gasteiger partial charge in [-0.15, -0.1) is 0 Å². The van der Waals surface area contributed by atoms with E-state index in [2.05, 4.69) is 6.07 Å². The van der Waals surface area contributed by atoms with Gasteiger partial charge in [0.15, 0.2) is 0 Å². The number of benzene rings is 1. The predicted octanol–water partition coefficient (Wildman–Crippen LogP) is 1.69. The van der Waals surface area contributed by atoms with Crippen LogP contribution in [0, 0.1) is 19.9 Å². The van der Waals surface area contributed by atoms with Crippen LogP contribution >= 0.6 is 0 Å². The van der Waals surface area contributed by atoms with Crippen molar-refractivity contribution in [3.63, 3.8) is 0 Å². The molecule has 1 nitrogen and oxygen atoms in total. The van der Waals surface area contributed by atoms with Crippen LogP contribution < -0.4 is 5.73 Å². The molecule has 0 saturated heterocycles. The summed E-state index contributed by atoms with van der Waals surface area (Å²) in [7, 11) is 0. The molecule has 1 aromatic carbocycles. The smallest absolute Gasteiger partial charge is 0.0350 e. The molecule has 1 aromatic rings. The Morgan fingerprint density at radius 2 is 2.11 bits per heavy atom. The lowest BCUT2D eigenvalue weighted by atomic mass is 10.1. The van der Waals surface area contributed by atoms with Crippen LogP contribution in [0.1, 0.15) is 11.1 Å². The fraction of sp³-hybridized carbons (Fsp3) is 0.250. The second-order valence-electron chi connectivity index (χ2n) is 2.25. The summed E-state index contributed by atoms with van der Waals surface area (Å²) in [5, 5.41) is 0. The minimum atomic E-state index is 0.820. The highest BCUT2D eigenvalue weighted by Gasteiger charge is 1.90. The predicted molar refractivity (Wildman–Crippen MR) is 39.2 cm³/mol. The van der Waals surface area contributed by atoms with Gasteiger partial charge in [-0.05, 0) is 37.1 Å². The van der Waals surface area contributed by atoms with Gasteiger partial charge < -0.3 is 5.73 Å². The number of rotatable bonds is 0. The molecule has 0 spiro atoms. The van der Waals surface area contributed by atoms with Crippen LogP contribution in [-0.2, 0) is 0 Å². The van der Waals surface area contributed by atoms with Crippen molar-refractivity contribution >= 4 is 5.69 Å². The van der Waals surface area contributed by atoms with Crippen molar-refractivity contribution in [3.8, 4) is 0 Å². The van der Waals surface area contributed by atoms with E-state index in [1.807, 2.05) is 26.0 Å². The number of aryl methyl sites for hydroxylation is 2. The summed E-state index contributed by atoms with van der Waals surface area (Å²) < 4.78 is 0. The first kappa shape index (κ1) is 6.14. The lowest BCUT2D eigenvalue weighted by molar-refractivity contribution is 1.38. The number of nitrogen functional groups attached to an aromatic ring is 1. The number of nitrogens with two attached hydrogens (primary N) is 1. The largest absolute Gasteiger partial charge is 0.398 e. The van der Waals surface area contributed by atoms with Gasteiger partial charge in [0.2, 0.25) is 0 Å². The van der Waals surface area contributed by atoms with Crippen LogP contribution in [0.25, 0.3) is 0 Å². The van der Waals surface area contributed by atoms with Crippen LogP contribution in [0.5, 0.6) is 0 Å². The van der Waals surface area contributed by atoms with Gasteiger partial charge >= 0.3 is 0 Å². The maximum Gasteiger partial charge on any atom is 0.0350 e. The Labute approximate surface area is 55.5 Å². The average Bonchev–Trinajstić information content (AvgIpc) is 1.80. The fourth-order valence-electron chi connectivity index (χ4n) is 0.755. The average molecular weight is 120 g/mol. The summed E-state index contributed by atoms with van der Waals surface area (Å²) in [5.74, 6) is 0. The Kier molecular flexibility index (Phi) is 1.43. The molecule has 0 saturated carbocycles. The molecule has 9 heavy (non-hydrogen) atoms. The zero-order chi connectivity index (χ0) is 6.85. The zero-order valence-corrected chi connectivity index (χ0v) is 5.73. The van der Waals surface area contributed by atoms with E-state index in [9.17, 15) is 0 Å². The van der Waals surface area contributed by atoms with E-state index in [0.717, 1.165) is 16.8 Å². The van der Waals surface area contributed by atoms with Crippen molar-refractivity contribution in [3.05, 3.63) is 29.3 Å². The summed E-state index contributed by atoms with van der Waals surface area (Å²) in [6, 6.07) is 6.85. The van der Waals surface area contributed by atoms with E-state index in [1.165, 1.54) is 0 Å². The van der Waals surface area contributed by atoms with Crippen molar-refractivity contribution < 1.29 is 0 Å². The fourth-order valence-corrected chi connectivity index (χ4v) is 0.755. The molecule has 0 unspecified atom stereocenters. The zero-order valence-electron chi connectivity index (χ0n) is 5.73. The van der Waals surface area contributed by atoms with Crippen molar-refractivity contribution in [1.82, 2.24) is 0 Å². The molecule has 0 amide bonds. The first-order valence-electron chi connectivity index (χ1n) is 2.94. The Morgan fingerprint density at radius 3 is 2.56 bits per heavy atom. The summed E-state index contributed by atoms with van der Waals surface area (Å²) in [5.41, 5.74) is 8.65. The van der Waals surface area contributed by atoms with Crippen molar-refractivity contribution in [2.75, 3.05) is 5.73 Å². The van der Waals surface area contributed by atoms with Gasteiger partial charge in [0.1, 0.15) is 0 Å². The molecular weight excluding hydrogens is 110 g/mol. The van der Waals surface area contributed by atoms with E-state index in [-0.39, 0.29) is 0 Å². The van der Waals surface area contributed by atoms with Gasteiger partial charge in [-0.2, -0.15) is 0 Å². The molecule has 2 N–H and O–H groups in total. The van der Waals surface area contributed by atoms with Crippen molar-refractivity contribution in [2.24, 2.45) is 0 Å². The lowest BCUT2D eigenvalue weighted by Crippen LogP contribution is -1.88. The molecule has 0 heterocycles. The number of hydrogen-bond donors (Lipinski definition) is 1. The molecule has 1 radical (unpaired) electrons. The second kappa shape index (κ2) is 2.09. The minimum Gasteiger partial charge on any atom is -0.398 e. The Morgan fingerprint density at radius 1 is 1.44 bits per heavy atom. The topological polar surface area (TPSA) is 26.0 Å². The second-order valence-corrected chi connectivity index (χ2v) is 2.25. The summed E-state index contributed by atoms with van der Waals surface area (Å²) in [4.78, 5) is 0. The first-order valence-corrected chi connectivity index (χ1v) is 2.94. The van der Waals surface area contributed by atoms with Crippen molar-refractivity contribution in [1.29, 1.82) is 0 Å². The standard InChI is InChI=1S/C8H10N/c1-6-3-4-8(9)7(2)5-6/h4-5H,9H2,1-2H3. The van der Waals surface area contributed by atoms with E-state index < -0.39 is 0 Å². The quantitative estimate of drug-likeness (QED) is 0.518.